The van der Waals surface area contributed by atoms with Gasteiger partial charge < -0.3 is 10.2 Å². The lowest BCUT2D eigenvalue weighted by atomic mass is 9.88. The van der Waals surface area contributed by atoms with Gasteiger partial charge in [0, 0.05) is 67.3 Å². The molecule has 2 fully saturated rings. The lowest BCUT2D eigenvalue weighted by Gasteiger charge is -2.48. The summed E-state index contributed by atoms with van der Waals surface area (Å²) in [5, 5.41) is 10.3. The van der Waals surface area contributed by atoms with E-state index < -0.39 is 9.84 Å². The van der Waals surface area contributed by atoms with Crippen molar-refractivity contribution in [1.29, 1.82) is 0 Å². The molecule has 0 radical (unpaired) electrons. The van der Waals surface area contributed by atoms with Crippen molar-refractivity contribution in [3.05, 3.63) is 53.6 Å². The van der Waals surface area contributed by atoms with Crippen molar-refractivity contribution >= 4 is 55.3 Å². The number of sulfone groups is 1. The first kappa shape index (κ1) is 29.5. The van der Waals surface area contributed by atoms with Gasteiger partial charge in [0.15, 0.2) is 11.0 Å². The minimum Gasteiger partial charge on any atom is -0.368 e. The van der Waals surface area contributed by atoms with Gasteiger partial charge in [-0.3, -0.25) is 9.48 Å². The molecule has 2 aliphatic rings. The van der Waals surface area contributed by atoms with Gasteiger partial charge in [-0.05, 0) is 54.8 Å². The lowest BCUT2D eigenvalue weighted by molar-refractivity contribution is -0.120. The van der Waals surface area contributed by atoms with Gasteiger partial charge in [0.25, 0.3) is 0 Å². The fraction of sp³-hybridized carbons (Fsp3) is 0.452. The molecule has 1 saturated carbocycles. The Morgan fingerprint density at radius 3 is 2.56 bits per heavy atom. The van der Waals surface area contributed by atoms with E-state index in [1.165, 1.54) is 11.8 Å². The van der Waals surface area contributed by atoms with Gasteiger partial charge in [-0.15, -0.1) is 0 Å². The number of pyridine rings is 1. The summed E-state index contributed by atoms with van der Waals surface area (Å²) in [4.78, 5) is 27.8. The van der Waals surface area contributed by atoms with Gasteiger partial charge >= 0.3 is 0 Å². The number of benzene rings is 1. The first-order valence-corrected chi connectivity index (χ1v) is 17.1. The number of hydrogen-bond acceptors (Lipinski definition) is 9. The van der Waals surface area contributed by atoms with E-state index in [-0.39, 0.29) is 23.8 Å². The normalized spacial score (nSPS) is 19.7. The molecule has 12 heteroatoms. The van der Waals surface area contributed by atoms with Crippen LogP contribution < -0.4 is 10.2 Å². The summed E-state index contributed by atoms with van der Waals surface area (Å²) in [7, 11) is -3.03. The topological polar surface area (TPSA) is 123 Å². The molecule has 0 spiro atoms. The van der Waals surface area contributed by atoms with Crippen molar-refractivity contribution in [2.24, 2.45) is 5.92 Å². The van der Waals surface area contributed by atoms with Crippen LogP contribution in [0.3, 0.4) is 0 Å². The fourth-order valence-electron chi connectivity index (χ4n) is 6.24. The third-order valence-electron chi connectivity index (χ3n) is 8.69. The van der Waals surface area contributed by atoms with E-state index in [2.05, 4.69) is 53.2 Å². The third-order valence-corrected chi connectivity index (χ3v) is 10.0. The lowest BCUT2D eigenvalue weighted by Crippen LogP contribution is -2.57. The minimum absolute atomic E-state index is 0.114. The Morgan fingerprint density at radius 2 is 1.86 bits per heavy atom. The maximum atomic E-state index is 11.9. The van der Waals surface area contributed by atoms with E-state index in [1.807, 2.05) is 23.1 Å². The predicted molar refractivity (Wildman–Crippen MR) is 170 cm³/mol. The predicted octanol–water partition coefficient (Wildman–Crippen LogP) is 5.96. The number of carbonyl (C=O) groups excluding carboxylic acids is 1. The molecule has 1 aromatic carbocycles. The zero-order chi connectivity index (χ0) is 30.5. The number of carbonyl (C=O) groups is 1. The second-order valence-electron chi connectivity index (χ2n) is 12.2. The molecule has 6 rings (SSSR count). The average molecular weight is 622 g/mol. The smallest absolute Gasteiger partial charge is 0.166 e. The highest BCUT2D eigenvalue weighted by atomic mass is 35.5. The number of hydrogen-bond donors (Lipinski definition) is 1. The number of nitrogens with one attached hydrogen (secondary N) is 1. The van der Waals surface area contributed by atoms with Gasteiger partial charge in [-0.2, -0.15) is 5.10 Å². The van der Waals surface area contributed by atoms with Crippen molar-refractivity contribution in [1.82, 2.24) is 24.7 Å². The summed E-state index contributed by atoms with van der Waals surface area (Å²) in [6, 6.07) is 8.38. The van der Waals surface area contributed by atoms with Crippen LogP contribution in [-0.2, 0) is 14.6 Å². The maximum absolute atomic E-state index is 11.9. The summed E-state index contributed by atoms with van der Waals surface area (Å²) in [5.41, 5.74) is 2.91. The number of halogens is 1. The number of anilines is 3. The molecular formula is C31H36ClN7O3S. The molecule has 1 aliphatic carbocycles. The Kier molecular flexibility index (Phi) is 7.89. The number of rotatable bonds is 8. The zero-order valence-electron chi connectivity index (χ0n) is 24.8. The maximum Gasteiger partial charge on any atom is 0.166 e. The van der Waals surface area contributed by atoms with Gasteiger partial charge in [-0.25, -0.2) is 23.4 Å². The number of ketones is 1. The van der Waals surface area contributed by atoms with Gasteiger partial charge in [0.1, 0.15) is 27.3 Å². The molecule has 43 heavy (non-hydrogen) atoms. The minimum atomic E-state index is -3.03. The molecule has 1 aliphatic heterocycles. The highest BCUT2D eigenvalue weighted by Crippen LogP contribution is 2.40. The molecule has 3 aromatic heterocycles. The standard InChI is InChI=1S/C31H36ClN7O3S/c1-18(2)23-9-10-27(38-15-20(19(38)3)17-43(4,41)42)25-14-34-29(13-24(23)25)35-28-11-12-33-31(36-28)26-16-39(37-30(26)32)21-5-7-22(40)8-6-21/h9-14,16,18-21H,5-8,15,17H2,1-4H3,(H,33,34,35,36)/t19-,20-/m1/s1. The second-order valence-corrected chi connectivity index (χ2v) is 14.7. The highest BCUT2D eigenvalue weighted by molar-refractivity contribution is 7.90. The van der Waals surface area contributed by atoms with E-state index in [0.29, 0.717) is 59.3 Å². The average Bonchev–Trinajstić information content (AvgIpc) is 3.35. The Labute approximate surface area is 256 Å². The monoisotopic (exact) mass is 621 g/mol. The van der Waals surface area contributed by atoms with Crippen LogP contribution >= 0.6 is 11.6 Å². The van der Waals surface area contributed by atoms with Crippen molar-refractivity contribution in [3.8, 4) is 11.4 Å². The largest absolute Gasteiger partial charge is 0.368 e. The van der Waals surface area contributed by atoms with Crippen LogP contribution in [0.1, 0.15) is 64.0 Å². The highest BCUT2D eigenvalue weighted by Gasteiger charge is 2.38. The van der Waals surface area contributed by atoms with Crippen LogP contribution in [0, 0.1) is 5.92 Å². The molecular weight excluding hydrogens is 586 g/mol. The van der Waals surface area contributed by atoms with E-state index in [0.717, 1.165) is 29.3 Å². The summed E-state index contributed by atoms with van der Waals surface area (Å²) < 4.78 is 25.6. The quantitative estimate of drug-likeness (QED) is 0.254. The Hall–Kier alpha value is -3.57. The van der Waals surface area contributed by atoms with Crippen molar-refractivity contribution in [2.75, 3.05) is 28.8 Å². The summed E-state index contributed by atoms with van der Waals surface area (Å²) in [6.07, 6.45) is 9.36. The Balaban J connectivity index is 1.26. The van der Waals surface area contributed by atoms with Gasteiger partial charge in [-0.1, -0.05) is 31.5 Å². The van der Waals surface area contributed by atoms with Crippen LogP contribution in [0.4, 0.5) is 17.3 Å². The van der Waals surface area contributed by atoms with Gasteiger partial charge in [0.05, 0.1) is 17.4 Å². The van der Waals surface area contributed by atoms with Crippen molar-refractivity contribution in [3.63, 3.8) is 0 Å². The molecule has 0 amide bonds. The first-order chi connectivity index (χ1) is 20.5. The van der Waals surface area contributed by atoms with Crippen molar-refractivity contribution in [2.45, 2.75) is 64.5 Å². The molecule has 10 nitrogen and oxygen atoms in total. The van der Waals surface area contributed by atoms with E-state index in [1.54, 1.807) is 12.3 Å². The Morgan fingerprint density at radius 1 is 1.09 bits per heavy atom. The van der Waals surface area contributed by atoms with Crippen molar-refractivity contribution < 1.29 is 13.2 Å². The molecule has 0 bridgehead atoms. The van der Waals surface area contributed by atoms with E-state index in [4.69, 9.17) is 21.6 Å². The number of fused-ring (bicyclic) bond motifs is 1. The fourth-order valence-corrected chi connectivity index (χ4v) is 7.62. The molecule has 1 saturated heterocycles. The van der Waals surface area contributed by atoms with Crippen LogP contribution in [-0.4, -0.2) is 63.5 Å². The summed E-state index contributed by atoms with van der Waals surface area (Å²) >= 11 is 6.51. The molecule has 4 heterocycles. The van der Waals surface area contributed by atoms with E-state index >= 15 is 0 Å². The number of Topliss-reactive ketones (excluding diaryl/α,β-unsaturated/α-hetero) is 1. The SMILES string of the molecule is CC(C)c1ccc(N2C[C@H](CS(C)(=O)=O)[C@H]2C)c2cnc(Nc3ccnc(-c4cn(C5CCC(=O)CC5)nc4Cl)n3)cc12. The summed E-state index contributed by atoms with van der Waals surface area (Å²) in [6.45, 7) is 7.13. The summed E-state index contributed by atoms with van der Waals surface area (Å²) in [5.74, 6) is 2.59. The molecule has 0 unspecified atom stereocenters. The van der Waals surface area contributed by atoms with Crippen LogP contribution in [0.25, 0.3) is 22.2 Å². The van der Waals surface area contributed by atoms with Crippen LogP contribution in [0.5, 0.6) is 0 Å². The molecule has 1 N–H and O–H groups in total. The first-order valence-electron chi connectivity index (χ1n) is 14.7. The second kappa shape index (κ2) is 11.5. The number of nitrogens with zero attached hydrogens (tertiary/aromatic N) is 6. The molecule has 4 aromatic rings. The van der Waals surface area contributed by atoms with E-state index in [9.17, 15) is 13.2 Å². The number of aromatic nitrogens is 5. The van der Waals surface area contributed by atoms with Crippen LogP contribution in [0.2, 0.25) is 5.15 Å². The zero-order valence-corrected chi connectivity index (χ0v) is 26.4. The molecule has 226 valence electrons. The third kappa shape index (κ3) is 6.10. The van der Waals surface area contributed by atoms with Crippen LogP contribution in [0.15, 0.2) is 42.9 Å². The molecule has 2 atom stereocenters. The Bertz CT molecular complexity index is 1800. The van der Waals surface area contributed by atoms with Gasteiger partial charge in [0.2, 0.25) is 0 Å².